The summed E-state index contributed by atoms with van der Waals surface area (Å²) in [5.74, 6) is -0.0611. The monoisotopic (exact) mass is 168 g/mol. The minimum Gasteiger partial charge on any atom is -0.382 e. The van der Waals surface area contributed by atoms with Gasteiger partial charge in [0.1, 0.15) is 11.5 Å². The molecule has 1 heterocycles. The van der Waals surface area contributed by atoms with Crippen LogP contribution in [0.25, 0.3) is 0 Å². The molecule has 0 amide bonds. The van der Waals surface area contributed by atoms with E-state index in [1.54, 1.807) is 10.9 Å². The van der Waals surface area contributed by atoms with E-state index in [0.717, 1.165) is 13.0 Å². The molecule has 6 heteroatoms. The Bertz CT molecular complexity index is 265. The summed E-state index contributed by atoms with van der Waals surface area (Å²) in [5.41, 5.74) is 10.9. The normalized spacial score (nSPS) is 10.1. The Morgan fingerprint density at radius 2 is 2.42 bits per heavy atom. The molecule has 0 aliphatic carbocycles. The highest BCUT2D eigenvalue weighted by molar-refractivity contribution is 5.92. The van der Waals surface area contributed by atoms with Gasteiger partial charge < -0.3 is 11.5 Å². The number of nitrogens with one attached hydrogen (secondary N) is 1. The van der Waals surface area contributed by atoms with Gasteiger partial charge in [0.2, 0.25) is 0 Å². The van der Waals surface area contributed by atoms with Gasteiger partial charge in [-0.2, -0.15) is 0 Å². The largest absolute Gasteiger partial charge is 0.382 e. The van der Waals surface area contributed by atoms with Crippen LogP contribution in [0, 0.1) is 5.41 Å². The van der Waals surface area contributed by atoms with Crippen molar-refractivity contribution in [2.24, 2.45) is 11.5 Å². The lowest BCUT2D eigenvalue weighted by atomic mass is 10.4. The zero-order chi connectivity index (χ0) is 8.97. The molecule has 5 N–H and O–H groups in total. The standard InChI is InChI=1S/C6H12N6/c7-2-1-3-12-4-5(6(8)9)10-11-12/h4H,1-3,7H2,(H3,8,9). The number of hydrogen-bond donors (Lipinski definition) is 3. The summed E-state index contributed by atoms with van der Waals surface area (Å²) in [4.78, 5) is 0. The zero-order valence-electron chi connectivity index (χ0n) is 6.70. The maximum atomic E-state index is 7.06. The van der Waals surface area contributed by atoms with E-state index in [9.17, 15) is 0 Å². The van der Waals surface area contributed by atoms with E-state index in [2.05, 4.69) is 10.3 Å². The zero-order valence-corrected chi connectivity index (χ0v) is 6.70. The van der Waals surface area contributed by atoms with Crippen molar-refractivity contribution < 1.29 is 0 Å². The predicted molar refractivity (Wildman–Crippen MR) is 44.7 cm³/mol. The van der Waals surface area contributed by atoms with Gasteiger partial charge in [-0.15, -0.1) is 5.10 Å². The van der Waals surface area contributed by atoms with Crippen LogP contribution in [0.2, 0.25) is 0 Å². The molecule has 0 aliphatic heterocycles. The number of aromatic nitrogens is 3. The third-order valence-corrected chi connectivity index (χ3v) is 1.41. The summed E-state index contributed by atoms with van der Waals surface area (Å²) in [6, 6.07) is 0. The van der Waals surface area contributed by atoms with Gasteiger partial charge in [0, 0.05) is 6.54 Å². The van der Waals surface area contributed by atoms with Crippen molar-refractivity contribution in [3.05, 3.63) is 11.9 Å². The number of nitrogens with two attached hydrogens (primary N) is 2. The quantitative estimate of drug-likeness (QED) is 0.392. The van der Waals surface area contributed by atoms with Crippen LogP contribution < -0.4 is 11.5 Å². The molecule has 0 saturated heterocycles. The minimum absolute atomic E-state index is 0.0611. The summed E-state index contributed by atoms with van der Waals surface area (Å²) in [6.07, 6.45) is 2.48. The fraction of sp³-hybridized carbons (Fsp3) is 0.500. The van der Waals surface area contributed by atoms with Gasteiger partial charge in [0.25, 0.3) is 0 Å². The van der Waals surface area contributed by atoms with Gasteiger partial charge in [-0.3, -0.25) is 10.1 Å². The van der Waals surface area contributed by atoms with Crippen molar-refractivity contribution >= 4 is 5.84 Å². The first-order chi connectivity index (χ1) is 5.74. The van der Waals surface area contributed by atoms with Crippen molar-refractivity contribution in [2.45, 2.75) is 13.0 Å². The molecule has 1 aromatic heterocycles. The van der Waals surface area contributed by atoms with Crippen molar-refractivity contribution in [1.29, 1.82) is 5.41 Å². The second kappa shape index (κ2) is 3.82. The second-order valence-electron chi connectivity index (χ2n) is 2.42. The molecule has 0 aliphatic rings. The number of rotatable bonds is 4. The van der Waals surface area contributed by atoms with Gasteiger partial charge in [-0.1, -0.05) is 5.21 Å². The fourth-order valence-electron chi connectivity index (χ4n) is 0.784. The predicted octanol–water partition coefficient (Wildman–Crippen LogP) is -1.09. The van der Waals surface area contributed by atoms with Gasteiger partial charge in [0.05, 0.1) is 6.20 Å². The number of nitrogens with zero attached hydrogens (tertiary/aromatic N) is 3. The highest BCUT2D eigenvalue weighted by Crippen LogP contribution is 1.92. The second-order valence-corrected chi connectivity index (χ2v) is 2.42. The molecule has 0 radical (unpaired) electrons. The van der Waals surface area contributed by atoms with Crippen LogP contribution in [0.1, 0.15) is 12.1 Å². The maximum absolute atomic E-state index is 7.06. The summed E-state index contributed by atoms with van der Waals surface area (Å²) in [5, 5.41) is 14.5. The van der Waals surface area contributed by atoms with E-state index in [-0.39, 0.29) is 5.84 Å². The van der Waals surface area contributed by atoms with Crippen molar-refractivity contribution in [3.63, 3.8) is 0 Å². The summed E-state index contributed by atoms with van der Waals surface area (Å²) >= 11 is 0. The van der Waals surface area contributed by atoms with Gasteiger partial charge in [-0.25, -0.2) is 0 Å². The average Bonchev–Trinajstić information content (AvgIpc) is 2.48. The van der Waals surface area contributed by atoms with Gasteiger partial charge >= 0.3 is 0 Å². The molecule has 0 fully saturated rings. The molecule has 0 atom stereocenters. The molecule has 0 bridgehead atoms. The highest BCUT2D eigenvalue weighted by atomic mass is 15.4. The molecule has 1 rings (SSSR count). The Kier molecular flexibility index (Phi) is 2.76. The molecule has 0 saturated carbocycles. The molecule has 0 aromatic carbocycles. The molecular weight excluding hydrogens is 156 g/mol. The lowest BCUT2D eigenvalue weighted by molar-refractivity contribution is 0.564. The van der Waals surface area contributed by atoms with E-state index < -0.39 is 0 Å². The lowest BCUT2D eigenvalue weighted by Gasteiger charge is -1.95. The summed E-state index contributed by atoms with van der Waals surface area (Å²) in [7, 11) is 0. The fourth-order valence-corrected chi connectivity index (χ4v) is 0.784. The Labute approximate surface area is 70.1 Å². The molecular formula is C6H12N6. The molecule has 6 nitrogen and oxygen atoms in total. The number of nitrogen functional groups attached to an aromatic ring is 1. The van der Waals surface area contributed by atoms with Crippen LogP contribution in [0.3, 0.4) is 0 Å². The Balaban J connectivity index is 2.58. The van der Waals surface area contributed by atoms with Crippen LogP contribution in [0.5, 0.6) is 0 Å². The van der Waals surface area contributed by atoms with E-state index >= 15 is 0 Å². The lowest BCUT2D eigenvalue weighted by Crippen LogP contribution is -2.11. The highest BCUT2D eigenvalue weighted by Gasteiger charge is 2.01. The topological polar surface area (TPSA) is 107 Å². The SMILES string of the molecule is N=C(N)c1cn(CCCN)nn1. The smallest absolute Gasteiger partial charge is 0.147 e. The number of hydrogen-bond acceptors (Lipinski definition) is 4. The first-order valence-corrected chi connectivity index (χ1v) is 3.68. The van der Waals surface area contributed by atoms with Crippen LogP contribution in [0.15, 0.2) is 6.20 Å². The van der Waals surface area contributed by atoms with Crippen LogP contribution in [-0.4, -0.2) is 27.4 Å². The van der Waals surface area contributed by atoms with Crippen molar-refractivity contribution in [3.8, 4) is 0 Å². The van der Waals surface area contributed by atoms with E-state index in [4.69, 9.17) is 16.9 Å². The maximum Gasteiger partial charge on any atom is 0.147 e. The first kappa shape index (κ1) is 8.66. The minimum atomic E-state index is -0.0611. The van der Waals surface area contributed by atoms with Crippen molar-refractivity contribution in [2.75, 3.05) is 6.54 Å². The van der Waals surface area contributed by atoms with Crippen LogP contribution >= 0.6 is 0 Å². The van der Waals surface area contributed by atoms with E-state index in [1.165, 1.54) is 0 Å². The molecule has 0 spiro atoms. The van der Waals surface area contributed by atoms with Gasteiger partial charge in [-0.05, 0) is 13.0 Å². The molecule has 66 valence electrons. The summed E-state index contributed by atoms with van der Waals surface area (Å²) < 4.78 is 1.63. The van der Waals surface area contributed by atoms with E-state index in [0.29, 0.717) is 12.2 Å². The third kappa shape index (κ3) is 2.03. The molecule has 1 aromatic rings. The van der Waals surface area contributed by atoms with E-state index in [1.807, 2.05) is 0 Å². The number of aryl methyl sites for hydroxylation is 1. The molecule has 0 unspecified atom stereocenters. The Hall–Kier alpha value is -1.43. The van der Waals surface area contributed by atoms with Crippen molar-refractivity contribution in [1.82, 2.24) is 15.0 Å². The Morgan fingerprint density at radius 1 is 1.67 bits per heavy atom. The number of amidine groups is 1. The third-order valence-electron chi connectivity index (χ3n) is 1.41. The Morgan fingerprint density at radius 3 is 2.92 bits per heavy atom. The van der Waals surface area contributed by atoms with Crippen LogP contribution in [-0.2, 0) is 6.54 Å². The first-order valence-electron chi connectivity index (χ1n) is 3.68. The van der Waals surface area contributed by atoms with Crippen LogP contribution in [0.4, 0.5) is 0 Å². The molecule has 12 heavy (non-hydrogen) atoms. The summed E-state index contributed by atoms with van der Waals surface area (Å²) in [6.45, 7) is 1.34. The average molecular weight is 168 g/mol. The van der Waals surface area contributed by atoms with Gasteiger partial charge in [0.15, 0.2) is 0 Å².